The lowest BCUT2D eigenvalue weighted by Crippen LogP contribution is -2.61. The van der Waals surface area contributed by atoms with Gasteiger partial charge in [0.25, 0.3) is 6.71 Å². The van der Waals surface area contributed by atoms with Gasteiger partial charge < -0.3 is 14.7 Å². The average molecular weight is 984 g/mol. The van der Waals surface area contributed by atoms with E-state index in [0.717, 1.165) is 50.9 Å². The minimum absolute atomic E-state index is 0.00564. The van der Waals surface area contributed by atoms with E-state index in [4.69, 9.17) is 0 Å². The summed E-state index contributed by atoms with van der Waals surface area (Å²) in [7, 11) is 0. The van der Waals surface area contributed by atoms with E-state index in [9.17, 15) is 0 Å². The molecule has 0 bridgehead atoms. The van der Waals surface area contributed by atoms with Crippen molar-refractivity contribution in [2.24, 2.45) is 0 Å². The summed E-state index contributed by atoms with van der Waals surface area (Å²) in [5, 5.41) is 0. The highest BCUT2D eigenvalue weighted by molar-refractivity contribution is 7.00. The zero-order chi connectivity index (χ0) is 52.5. The molecule has 2 aliphatic rings. The van der Waals surface area contributed by atoms with Crippen LogP contribution in [0.2, 0.25) is 0 Å². The van der Waals surface area contributed by atoms with Crippen molar-refractivity contribution in [2.75, 3.05) is 14.7 Å². The predicted octanol–water partition coefficient (Wildman–Crippen LogP) is 18.1. The smallest absolute Gasteiger partial charge is 0.252 e. The van der Waals surface area contributed by atoms with Crippen molar-refractivity contribution < 1.29 is 0 Å². The van der Waals surface area contributed by atoms with Crippen LogP contribution in [0.15, 0.2) is 237 Å². The molecule has 76 heavy (non-hydrogen) atoms. The minimum atomic E-state index is -0.0799. The molecule has 10 aromatic rings. The molecule has 0 N–H and O–H groups in total. The van der Waals surface area contributed by atoms with Gasteiger partial charge in [-0.1, -0.05) is 232 Å². The Morgan fingerprint density at radius 3 is 1.22 bits per heavy atom. The molecule has 372 valence electrons. The lowest BCUT2D eigenvalue weighted by atomic mass is 9.33. The monoisotopic (exact) mass is 984 g/mol. The van der Waals surface area contributed by atoms with Crippen LogP contribution in [0.25, 0.3) is 33.4 Å². The van der Waals surface area contributed by atoms with E-state index >= 15 is 0 Å². The van der Waals surface area contributed by atoms with Gasteiger partial charge in [-0.05, 0) is 144 Å². The molecule has 0 amide bonds. The molecule has 3 nitrogen and oxygen atoms in total. The van der Waals surface area contributed by atoms with Gasteiger partial charge in [-0.15, -0.1) is 0 Å². The van der Waals surface area contributed by atoms with Gasteiger partial charge in [-0.2, -0.15) is 0 Å². The van der Waals surface area contributed by atoms with Crippen LogP contribution in [0.1, 0.15) is 79.0 Å². The third-order valence-electron chi connectivity index (χ3n) is 15.7. The van der Waals surface area contributed by atoms with Crippen LogP contribution in [0.4, 0.5) is 51.2 Å². The SMILES string of the molecule is CC(C)(C)c1ccc(N2c3ccc(C(C)(C)C)cc3B3c4cc(C(C)(C)C)ccc4N(c4ccccc4-c4ccccc4)c4cc(N(c5cccc(-c6ccccc6)c5)c5cccc(-c6ccccc6)c5)cc2c43)cc1. The van der Waals surface area contributed by atoms with Gasteiger partial charge in [-0.25, -0.2) is 0 Å². The lowest BCUT2D eigenvalue weighted by Gasteiger charge is -2.46. The highest BCUT2D eigenvalue weighted by Gasteiger charge is 2.45. The fourth-order valence-electron chi connectivity index (χ4n) is 11.6. The lowest BCUT2D eigenvalue weighted by molar-refractivity contribution is 0.590. The van der Waals surface area contributed by atoms with Crippen LogP contribution in [0.3, 0.4) is 0 Å². The maximum Gasteiger partial charge on any atom is 0.252 e. The molecule has 0 saturated heterocycles. The summed E-state index contributed by atoms with van der Waals surface area (Å²) in [5.41, 5.74) is 24.9. The Bertz CT molecular complexity index is 3680. The van der Waals surface area contributed by atoms with E-state index in [1.807, 2.05) is 0 Å². The Balaban J connectivity index is 1.22. The standard InChI is InChI=1S/C72H66BN3/c1-70(2,3)54-35-39-57(40-36-54)75-65-41-37-55(71(4,5)6)45-62(65)73-63-46-56(72(7,8)9)38-42-66(63)76(64-34-20-19-33-61(64)51-27-17-12-18-28-51)68-48-60(47-67(75)69(68)73)74(58-31-21-29-52(43-58)49-23-13-10-14-24-49)59-32-22-30-53(44-59)50-25-15-11-16-26-50/h10-48H,1-9H3. The summed E-state index contributed by atoms with van der Waals surface area (Å²) < 4.78 is 0. The molecule has 0 saturated carbocycles. The van der Waals surface area contributed by atoms with Gasteiger partial charge in [0.05, 0.1) is 11.4 Å². The van der Waals surface area contributed by atoms with Crippen LogP contribution in [-0.2, 0) is 16.2 Å². The maximum absolute atomic E-state index is 2.60. The third kappa shape index (κ3) is 8.80. The van der Waals surface area contributed by atoms with Crippen LogP contribution >= 0.6 is 0 Å². The first-order valence-corrected chi connectivity index (χ1v) is 27.0. The van der Waals surface area contributed by atoms with Crippen molar-refractivity contribution in [1.82, 2.24) is 0 Å². The zero-order valence-electron chi connectivity index (χ0n) is 45.4. The van der Waals surface area contributed by atoms with E-state index < -0.39 is 0 Å². The van der Waals surface area contributed by atoms with E-state index in [0.29, 0.717) is 0 Å². The van der Waals surface area contributed by atoms with E-state index in [1.165, 1.54) is 66.7 Å². The maximum atomic E-state index is 2.60. The summed E-state index contributed by atoms with van der Waals surface area (Å²) in [6.45, 7) is 20.9. The van der Waals surface area contributed by atoms with Gasteiger partial charge in [-0.3, -0.25) is 0 Å². The van der Waals surface area contributed by atoms with Gasteiger partial charge in [0, 0.05) is 45.4 Å². The van der Waals surface area contributed by atoms with Crippen molar-refractivity contribution in [2.45, 2.75) is 78.6 Å². The Morgan fingerprint density at radius 1 is 0.303 bits per heavy atom. The molecule has 2 aliphatic heterocycles. The Kier molecular flexibility index (Phi) is 12.0. The molecule has 0 aliphatic carbocycles. The number of anilines is 9. The Labute approximate surface area is 451 Å². The summed E-state index contributed by atoms with van der Waals surface area (Å²) in [6, 6.07) is 88.6. The van der Waals surface area contributed by atoms with Crippen molar-refractivity contribution in [1.29, 1.82) is 0 Å². The molecule has 0 atom stereocenters. The van der Waals surface area contributed by atoms with Crippen LogP contribution in [0.5, 0.6) is 0 Å². The first kappa shape index (κ1) is 48.6. The predicted molar refractivity (Wildman–Crippen MR) is 328 cm³/mol. The number of fused-ring (bicyclic) bond motifs is 4. The van der Waals surface area contributed by atoms with Crippen LogP contribution in [-0.4, -0.2) is 6.71 Å². The fourth-order valence-corrected chi connectivity index (χ4v) is 11.6. The zero-order valence-corrected chi connectivity index (χ0v) is 45.4. The van der Waals surface area contributed by atoms with Crippen molar-refractivity contribution >= 4 is 74.3 Å². The quantitative estimate of drug-likeness (QED) is 0.141. The second-order valence-corrected chi connectivity index (χ2v) is 23.9. The van der Waals surface area contributed by atoms with E-state index in [1.54, 1.807) is 0 Å². The molecule has 0 fully saturated rings. The number of rotatable bonds is 8. The molecule has 10 aromatic carbocycles. The number of nitrogens with zero attached hydrogens (tertiary/aromatic N) is 3. The second-order valence-electron chi connectivity index (χ2n) is 23.9. The van der Waals surface area contributed by atoms with Crippen molar-refractivity contribution in [3.05, 3.63) is 253 Å². The molecule has 0 aromatic heterocycles. The Hall–Kier alpha value is -8.34. The summed E-state index contributed by atoms with van der Waals surface area (Å²) >= 11 is 0. The first-order valence-electron chi connectivity index (χ1n) is 27.0. The summed E-state index contributed by atoms with van der Waals surface area (Å²) in [4.78, 5) is 7.66. The molecule has 0 spiro atoms. The molecule has 2 heterocycles. The van der Waals surface area contributed by atoms with Crippen molar-refractivity contribution in [3.8, 4) is 33.4 Å². The summed E-state index contributed by atoms with van der Waals surface area (Å²) in [6.07, 6.45) is 0. The van der Waals surface area contributed by atoms with Gasteiger partial charge in [0.1, 0.15) is 0 Å². The number of hydrogen-bond acceptors (Lipinski definition) is 3. The minimum Gasteiger partial charge on any atom is -0.311 e. The van der Waals surface area contributed by atoms with Crippen LogP contribution < -0.4 is 31.1 Å². The molecule has 12 rings (SSSR count). The third-order valence-corrected chi connectivity index (χ3v) is 15.7. The van der Waals surface area contributed by atoms with E-state index in [2.05, 4.69) is 314 Å². The second kappa shape index (κ2) is 18.8. The van der Waals surface area contributed by atoms with Gasteiger partial charge in [0.15, 0.2) is 0 Å². The first-order chi connectivity index (χ1) is 36.6. The summed E-state index contributed by atoms with van der Waals surface area (Å²) in [5.74, 6) is 0. The number of benzene rings is 10. The highest BCUT2D eigenvalue weighted by Crippen LogP contribution is 2.51. The molecule has 0 unspecified atom stereocenters. The Morgan fingerprint density at radius 2 is 0.724 bits per heavy atom. The largest absolute Gasteiger partial charge is 0.311 e. The normalized spacial score (nSPS) is 13.0. The van der Waals surface area contributed by atoms with Crippen molar-refractivity contribution in [3.63, 3.8) is 0 Å². The molecule has 0 radical (unpaired) electrons. The molecule has 4 heteroatoms. The van der Waals surface area contributed by atoms with E-state index in [-0.39, 0.29) is 23.0 Å². The molecular formula is C72H66BN3. The number of hydrogen-bond donors (Lipinski definition) is 0. The molecular weight excluding hydrogens is 918 g/mol. The topological polar surface area (TPSA) is 9.72 Å². The van der Waals surface area contributed by atoms with Gasteiger partial charge in [0.2, 0.25) is 0 Å². The van der Waals surface area contributed by atoms with Gasteiger partial charge >= 0.3 is 0 Å². The number of para-hydroxylation sites is 1. The fraction of sp³-hybridized carbons (Fsp3) is 0.167. The van der Waals surface area contributed by atoms with Crippen LogP contribution in [0, 0.1) is 0 Å². The highest BCUT2D eigenvalue weighted by atomic mass is 15.2. The average Bonchev–Trinajstić information content (AvgIpc) is 3.54.